The second kappa shape index (κ2) is 11.3. The first-order valence-electron chi connectivity index (χ1n) is 11.7. The molecule has 206 valence electrons. The Hall–Kier alpha value is -4.17. The average Bonchev–Trinajstić information content (AvgIpc) is 2.91. The number of halogens is 3. The number of fused-ring (bicyclic) bond motifs is 1. The van der Waals surface area contributed by atoms with E-state index in [1.165, 1.54) is 35.5 Å². The molecule has 2 heterocycles. The van der Waals surface area contributed by atoms with E-state index in [9.17, 15) is 26.4 Å². The van der Waals surface area contributed by atoms with Crippen LogP contribution < -0.4 is 15.2 Å². The largest absolute Gasteiger partial charge is 0.573 e. The van der Waals surface area contributed by atoms with Gasteiger partial charge in [-0.05, 0) is 42.1 Å². The molecule has 4 rings (SSSR count). The summed E-state index contributed by atoms with van der Waals surface area (Å²) in [5, 5.41) is 7.86. The molecule has 39 heavy (non-hydrogen) atoms. The quantitative estimate of drug-likeness (QED) is 0.358. The maximum Gasteiger partial charge on any atom is 0.573 e. The number of rotatable bonds is 8. The molecule has 0 unspecified atom stereocenters. The Morgan fingerprint density at radius 1 is 1.13 bits per heavy atom. The van der Waals surface area contributed by atoms with E-state index in [1.54, 1.807) is 18.2 Å². The monoisotopic (exact) mass is 562 g/mol. The van der Waals surface area contributed by atoms with Crippen LogP contribution in [0, 0.1) is 5.41 Å². The number of para-hydroxylation sites is 1. The number of nitrogens with two attached hydrogens (primary N) is 1. The molecule has 1 aliphatic heterocycles. The zero-order valence-corrected chi connectivity index (χ0v) is 21.3. The molecule has 1 fully saturated rings. The molecule has 1 aromatic heterocycles. The SMILES string of the molecule is N=C/C(=C\N)CN1CCN(C(=O)c2ccc(NS(=O)(=O)c3cccc4cccnc34)c(OC(F)(F)F)c2)CC1. The topological polar surface area (TPSA) is 142 Å². The van der Waals surface area contributed by atoms with E-state index in [2.05, 4.69) is 14.4 Å². The summed E-state index contributed by atoms with van der Waals surface area (Å²) in [5.74, 6) is -1.40. The van der Waals surface area contributed by atoms with Crippen molar-refractivity contribution in [3.8, 4) is 5.75 Å². The van der Waals surface area contributed by atoms with Crippen LogP contribution in [0.3, 0.4) is 0 Å². The summed E-state index contributed by atoms with van der Waals surface area (Å²) in [7, 11) is -4.38. The number of carbonyl (C=O) groups excluding carboxylic acids is 1. The standard InChI is InChI=1S/C25H25F3N6O4S/c26-25(27,28)38-21-13-19(24(35)34-11-9-33(10-12-34)16-17(14-29)15-30)6-7-20(21)32-39(36,37)22-5-1-3-18-4-2-8-31-23(18)22/h1-8,13-15,29,32H,9-12,16,30H2/b17-15+,29-14?. The van der Waals surface area contributed by atoms with Gasteiger partial charge in [0.15, 0.2) is 5.75 Å². The van der Waals surface area contributed by atoms with E-state index in [-0.39, 0.29) is 16.0 Å². The number of amides is 1. The maximum atomic E-state index is 13.2. The van der Waals surface area contributed by atoms with Gasteiger partial charge >= 0.3 is 6.36 Å². The summed E-state index contributed by atoms with van der Waals surface area (Å²) >= 11 is 0. The van der Waals surface area contributed by atoms with Crippen LogP contribution in [0.5, 0.6) is 5.75 Å². The number of pyridine rings is 1. The van der Waals surface area contributed by atoms with Gasteiger partial charge in [-0.25, -0.2) is 8.42 Å². The number of hydrogen-bond acceptors (Lipinski definition) is 8. The zero-order chi connectivity index (χ0) is 28.2. The molecule has 2 aromatic carbocycles. The molecule has 0 bridgehead atoms. The van der Waals surface area contributed by atoms with Crippen molar-refractivity contribution in [3.05, 3.63) is 72.1 Å². The lowest BCUT2D eigenvalue weighted by atomic mass is 10.1. The van der Waals surface area contributed by atoms with Gasteiger partial charge in [-0.15, -0.1) is 13.2 Å². The Balaban J connectivity index is 1.58. The first-order valence-corrected chi connectivity index (χ1v) is 13.2. The highest BCUT2D eigenvalue weighted by Gasteiger charge is 2.34. The summed E-state index contributed by atoms with van der Waals surface area (Å²) in [5.41, 5.74) is 5.64. The van der Waals surface area contributed by atoms with Gasteiger partial charge in [0.25, 0.3) is 15.9 Å². The van der Waals surface area contributed by atoms with Gasteiger partial charge < -0.3 is 20.8 Å². The van der Waals surface area contributed by atoms with Crippen LogP contribution >= 0.6 is 0 Å². The first-order chi connectivity index (χ1) is 18.5. The third-order valence-corrected chi connectivity index (χ3v) is 7.45. The lowest BCUT2D eigenvalue weighted by molar-refractivity contribution is -0.274. The van der Waals surface area contributed by atoms with E-state index in [4.69, 9.17) is 11.1 Å². The number of hydrogen-bond donors (Lipinski definition) is 3. The van der Waals surface area contributed by atoms with Crippen LogP contribution in [0.15, 0.2) is 71.4 Å². The zero-order valence-electron chi connectivity index (χ0n) is 20.5. The highest BCUT2D eigenvalue weighted by atomic mass is 32.2. The van der Waals surface area contributed by atoms with Gasteiger partial charge in [0, 0.05) is 56.1 Å². The van der Waals surface area contributed by atoms with Crippen molar-refractivity contribution in [2.75, 3.05) is 37.4 Å². The highest BCUT2D eigenvalue weighted by Crippen LogP contribution is 2.34. The number of nitrogens with zero attached hydrogens (tertiary/aromatic N) is 3. The molecule has 1 saturated heterocycles. The molecule has 0 aliphatic carbocycles. The summed E-state index contributed by atoms with van der Waals surface area (Å²) in [6, 6.07) is 10.9. The van der Waals surface area contributed by atoms with E-state index < -0.39 is 33.7 Å². The van der Waals surface area contributed by atoms with Gasteiger partial charge in [0.2, 0.25) is 0 Å². The van der Waals surface area contributed by atoms with Crippen LogP contribution in [0.2, 0.25) is 0 Å². The number of alkyl halides is 3. The molecule has 0 atom stereocenters. The predicted molar refractivity (Wildman–Crippen MR) is 139 cm³/mol. The predicted octanol–water partition coefficient (Wildman–Crippen LogP) is 3.18. The number of carbonyl (C=O) groups is 1. The van der Waals surface area contributed by atoms with Crippen molar-refractivity contribution in [3.63, 3.8) is 0 Å². The van der Waals surface area contributed by atoms with E-state index >= 15 is 0 Å². The van der Waals surface area contributed by atoms with Crippen molar-refractivity contribution in [1.82, 2.24) is 14.8 Å². The lowest BCUT2D eigenvalue weighted by Gasteiger charge is -2.35. The molecule has 14 heteroatoms. The van der Waals surface area contributed by atoms with Crippen LogP contribution in [0.1, 0.15) is 10.4 Å². The fraction of sp³-hybridized carbons (Fsp3) is 0.240. The number of ether oxygens (including phenoxy) is 1. The van der Waals surface area contributed by atoms with Crippen LogP contribution in [-0.2, 0) is 10.0 Å². The summed E-state index contributed by atoms with van der Waals surface area (Å²) < 4.78 is 72.3. The van der Waals surface area contributed by atoms with E-state index in [0.29, 0.717) is 43.7 Å². The Morgan fingerprint density at radius 3 is 2.51 bits per heavy atom. The summed E-state index contributed by atoms with van der Waals surface area (Å²) in [6.45, 7) is 1.98. The van der Waals surface area contributed by atoms with Crippen molar-refractivity contribution >= 4 is 38.7 Å². The molecule has 0 spiro atoms. The third-order valence-electron chi connectivity index (χ3n) is 6.05. The van der Waals surface area contributed by atoms with Crippen LogP contribution in [-0.4, -0.2) is 74.4 Å². The van der Waals surface area contributed by atoms with Crippen molar-refractivity contribution in [1.29, 1.82) is 5.41 Å². The number of nitrogens with one attached hydrogen (secondary N) is 2. The van der Waals surface area contributed by atoms with Gasteiger partial charge in [0.1, 0.15) is 4.90 Å². The normalized spacial score (nSPS) is 15.3. The molecule has 10 nitrogen and oxygen atoms in total. The number of benzene rings is 2. The molecule has 4 N–H and O–H groups in total. The van der Waals surface area contributed by atoms with Gasteiger partial charge in [-0.1, -0.05) is 18.2 Å². The van der Waals surface area contributed by atoms with Crippen molar-refractivity contribution < 1.29 is 31.1 Å². The molecular formula is C25H25F3N6O4S. The fourth-order valence-electron chi connectivity index (χ4n) is 4.14. The average molecular weight is 563 g/mol. The molecule has 1 aliphatic rings. The smallest absolute Gasteiger partial charge is 0.404 e. The lowest BCUT2D eigenvalue weighted by Crippen LogP contribution is -2.49. The summed E-state index contributed by atoms with van der Waals surface area (Å²) in [6.07, 6.45) is -1.26. The van der Waals surface area contributed by atoms with Gasteiger partial charge in [-0.3, -0.25) is 19.4 Å². The fourth-order valence-corrected chi connectivity index (χ4v) is 5.39. The summed E-state index contributed by atoms with van der Waals surface area (Å²) in [4.78, 5) is 20.4. The number of sulfonamides is 1. The third kappa shape index (κ3) is 6.64. The molecular weight excluding hydrogens is 537 g/mol. The second-order valence-corrected chi connectivity index (χ2v) is 10.3. The van der Waals surface area contributed by atoms with E-state index in [1.807, 2.05) is 4.90 Å². The molecule has 0 saturated carbocycles. The van der Waals surface area contributed by atoms with Gasteiger partial charge in [0.05, 0.1) is 11.2 Å². The minimum absolute atomic E-state index is 0.0977. The number of aromatic nitrogens is 1. The van der Waals surface area contributed by atoms with Crippen molar-refractivity contribution in [2.24, 2.45) is 5.73 Å². The number of piperazine rings is 1. The second-order valence-electron chi connectivity index (χ2n) is 8.65. The Bertz CT molecular complexity index is 1510. The Labute approximate surface area is 222 Å². The Kier molecular flexibility index (Phi) is 8.06. The Morgan fingerprint density at radius 2 is 1.85 bits per heavy atom. The van der Waals surface area contributed by atoms with Gasteiger partial charge in [-0.2, -0.15) is 0 Å². The maximum absolute atomic E-state index is 13.2. The van der Waals surface area contributed by atoms with Crippen LogP contribution in [0.4, 0.5) is 18.9 Å². The molecule has 0 radical (unpaired) electrons. The minimum atomic E-state index is -5.14. The molecule has 3 aromatic rings. The highest BCUT2D eigenvalue weighted by molar-refractivity contribution is 7.93. The first kappa shape index (κ1) is 27.9. The van der Waals surface area contributed by atoms with Crippen LogP contribution in [0.25, 0.3) is 10.9 Å². The minimum Gasteiger partial charge on any atom is -0.404 e. The van der Waals surface area contributed by atoms with Crippen molar-refractivity contribution in [2.45, 2.75) is 11.3 Å². The van der Waals surface area contributed by atoms with E-state index in [0.717, 1.165) is 18.3 Å². The number of anilines is 1. The molecule has 1 amide bonds.